The van der Waals surface area contributed by atoms with Crippen molar-refractivity contribution in [2.24, 2.45) is 5.73 Å². The van der Waals surface area contributed by atoms with Crippen LogP contribution in [-0.4, -0.2) is 97.9 Å². The number of nitrogens with two attached hydrogens (primary N) is 1. The number of rotatable bonds is 14. The van der Waals surface area contributed by atoms with Gasteiger partial charge in [-0.05, 0) is 0 Å². The van der Waals surface area contributed by atoms with Gasteiger partial charge < -0.3 is 47.2 Å². The monoisotopic (exact) mass is 450 g/mol. The third-order valence-electron chi connectivity index (χ3n) is 3.55. The number of nitrogens with one attached hydrogen (secondary N) is 3. The SMILES string of the molecule is NC(CC(=O)O)C(=O)NC(CC(=O)O)C(=O)NC(CO)C(=O)NC(CC(=O)O)C(=O)O. The molecule has 0 saturated heterocycles. The number of carboxylic acid groups (broad SMARTS) is 4. The Labute approximate surface area is 173 Å². The van der Waals surface area contributed by atoms with E-state index in [1.807, 2.05) is 10.6 Å². The first kappa shape index (κ1) is 27.2. The molecular weight excluding hydrogens is 428 g/mol. The molecule has 0 aliphatic rings. The van der Waals surface area contributed by atoms with E-state index in [1.54, 1.807) is 5.32 Å². The Balaban J connectivity index is 5.29. The van der Waals surface area contributed by atoms with Crippen molar-refractivity contribution in [3.63, 3.8) is 0 Å². The van der Waals surface area contributed by atoms with E-state index in [9.17, 15) is 38.7 Å². The van der Waals surface area contributed by atoms with Crippen LogP contribution in [0, 0.1) is 0 Å². The Bertz CT molecular complexity index is 740. The number of aliphatic carboxylic acids is 4. The molecule has 0 rings (SSSR count). The van der Waals surface area contributed by atoms with E-state index in [0.717, 1.165) is 0 Å². The lowest BCUT2D eigenvalue weighted by molar-refractivity contribution is -0.147. The third-order valence-corrected chi connectivity index (χ3v) is 3.55. The third kappa shape index (κ3) is 10.5. The summed E-state index contributed by atoms with van der Waals surface area (Å²) in [7, 11) is 0. The van der Waals surface area contributed by atoms with Gasteiger partial charge in [0, 0.05) is 0 Å². The van der Waals surface area contributed by atoms with Gasteiger partial charge in [-0.3, -0.25) is 28.8 Å². The van der Waals surface area contributed by atoms with Gasteiger partial charge in [-0.15, -0.1) is 0 Å². The fourth-order valence-electron chi connectivity index (χ4n) is 2.06. The Hall–Kier alpha value is -3.79. The molecule has 0 heterocycles. The van der Waals surface area contributed by atoms with Crippen molar-refractivity contribution in [2.45, 2.75) is 43.4 Å². The standard InChI is InChI=1S/C15H22N4O12/c16-5(1-9(21)22)12(27)17-6(2-10(23)24)13(28)19-8(4-20)14(29)18-7(15(30)31)3-11(25)26/h5-8,20H,1-4,16H2,(H,17,27)(H,18,29)(H,19,28)(H,21,22)(H,23,24)(H,25,26)(H,30,31). The predicted molar refractivity (Wildman–Crippen MR) is 95.2 cm³/mol. The Kier molecular flexibility index (Phi) is 11.2. The maximum Gasteiger partial charge on any atom is 0.326 e. The van der Waals surface area contributed by atoms with Crippen LogP contribution < -0.4 is 21.7 Å². The van der Waals surface area contributed by atoms with E-state index in [4.69, 9.17) is 26.2 Å². The van der Waals surface area contributed by atoms with Gasteiger partial charge in [0.2, 0.25) is 17.7 Å². The number of aliphatic hydroxyl groups excluding tert-OH is 1. The van der Waals surface area contributed by atoms with Gasteiger partial charge in [0.05, 0.1) is 31.9 Å². The molecule has 0 aromatic heterocycles. The van der Waals surface area contributed by atoms with Gasteiger partial charge >= 0.3 is 23.9 Å². The molecule has 0 radical (unpaired) electrons. The quantitative estimate of drug-likeness (QED) is 0.120. The predicted octanol–water partition coefficient (Wildman–Crippen LogP) is -4.73. The molecule has 0 aromatic rings. The lowest BCUT2D eigenvalue weighted by atomic mass is 10.1. The highest BCUT2D eigenvalue weighted by Crippen LogP contribution is 1.99. The molecule has 0 spiro atoms. The van der Waals surface area contributed by atoms with Gasteiger partial charge in [0.25, 0.3) is 0 Å². The van der Waals surface area contributed by atoms with Crippen molar-refractivity contribution in [1.82, 2.24) is 16.0 Å². The molecule has 16 heteroatoms. The lowest BCUT2D eigenvalue weighted by Crippen LogP contribution is -2.58. The van der Waals surface area contributed by atoms with Gasteiger partial charge in [0.1, 0.15) is 18.1 Å². The second kappa shape index (κ2) is 12.7. The Morgan fingerprint density at radius 2 is 1.00 bits per heavy atom. The first-order valence-corrected chi connectivity index (χ1v) is 8.44. The second-order valence-corrected chi connectivity index (χ2v) is 6.10. The number of amides is 3. The zero-order valence-electron chi connectivity index (χ0n) is 15.8. The lowest BCUT2D eigenvalue weighted by Gasteiger charge is -2.23. The number of carbonyl (C=O) groups excluding carboxylic acids is 3. The summed E-state index contributed by atoms with van der Waals surface area (Å²) in [6, 6.07) is -7.17. The van der Waals surface area contributed by atoms with E-state index in [-0.39, 0.29) is 0 Å². The summed E-state index contributed by atoms with van der Waals surface area (Å²) in [4.78, 5) is 79.4. The van der Waals surface area contributed by atoms with Crippen molar-refractivity contribution in [3.8, 4) is 0 Å². The molecular formula is C15H22N4O12. The highest BCUT2D eigenvalue weighted by atomic mass is 16.4. The zero-order chi connectivity index (χ0) is 24.3. The van der Waals surface area contributed by atoms with E-state index < -0.39 is 91.6 Å². The van der Waals surface area contributed by atoms with E-state index in [2.05, 4.69) is 0 Å². The fourth-order valence-corrected chi connectivity index (χ4v) is 2.06. The van der Waals surface area contributed by atoms with E-state index >= 15 is 0 Å². The van der Waals surface area contributed by atoms with Gasteiger partial charge in [-0.2, -0.15) is 0 Å². The number of aliphatic hydroxyl groups is 1. The molecule has 0 aliphatic carbocycles. The summed E-state index contributed by atoms with van der Waals surface area (Å²) >= 11 is 0. The topological polar surface area (TPSA) is 283 Å². The normalized spacial score (nSPS) is 14.3. The van der Waals surface area contributed by atoms with Crippen LogP contribution in [-0.2, 0) is 33.6 Å². The molecule has 3 amide bonds. The molecule has 0 aliphatic heterocycles. The first-order valence-electron chi connectivity index (χ1n) is 8.44. The van der Waals surface area contributed by atoms with Crippen LogP contribution in [0.25, 0.3) is 0 Å². The average molecular weight is 450 g/mol. The molecule has 31 heavy (non-hydrogen) atoms. The summed E-state index contributed by atoms with van der Waals surface area (Å²) in [6.45, 7) is -1.09. The smallest absolute Gasteiger partial charge is 0.326 e. The van der Waals surface area contributed by atoms with Crippen LogP contribution in [0.1, 0.15) is 19.3 Å². The van der Waals surface area contributed by atoms with E-state index in [0.29, 0.717) is 0 Å². The average Bonchev–Trinajstić information content (AvgIpc) is 2.63. The first-order chi connectivity index (χ1) is 14.3. The molecule has 4 unspecified atom stereocenters. The van der Waals surface area contributed by atoms with Crippen LogP contribution in [0.5, 0.6) is 0 Å². The minimum absolute atomic E-state index is 0.824. The van der Waals surface area contributed by atoms with Gasteiger partial charge in [-0.25, -0.2) is 4.79 Å². The summed E-state index contributed by atoms with van der Waals surface area (Å²) in [5.74, 6) is -10.0. The van der Waals surface area contributed by atoms with Crippen LogP contribution in [0.4, 0.5) is 0 Å². The maximum absolute atomic E-state index is 12.3. The summed E-state index contributed by atoms with van der Waals surface area (Å²) in [5.41, 5.74) is 5.32. The minimum Gasteiger partial charge on any atom is -0.481 e. The van der Waals surface area contributed by atoms with Crippen molar-refractivity contribution in [3.05, 3.63) is 0 Å². The summed E-state index contributed by atoms with van der Waals surface area (Å²) in [5, 5.41) is 49.9. The van der Waals surface area contributed by atoms with E-state index in [1.165, 1.54) is 0 Å². The number of hydrogen-bond donors (Lipinski definition) is 9. The van der Waals surface area contributed by atoms with Gasteiger partial charge in [-0.1, -0.05) is 0 Å². The number of hydrogen-bond acceptors (Lipinski definition) is 9. The van der Waals surface area contributed by atoms with Crippen LogP contribution in [0.15, 0.2) is 0 Å². The molecule has 0 saturated carbocycles. The van der Waals surface area contributed by atoms with Crippen molar-refractivity contribution in [1.29, 1.82) is 0 Å². The highest BCUT2D eigenvalue weighted by Gasteiger charge is 2.32. The number of carboxylic acids is 4. The Morgan fingerprint density at radius 1 is 0.613 bits per heavy atom. The van der Waals surface area contributed by atoms with Crippen LogP contribution >= 0.6 is 0 Å². The fraction of sp³-hybridized carbons (Fsp3) is 0.533. The molecule has 0 fully saturated rings. The van der Waals surface area contributed by atoms with Crippen molar-refractivity contribution in [2.75, 3.05) is 6.61 Å². The second-order valence-electron chi connectivity index (χ2n) is 6.10. The molecule has 16 nitrogen and oxygen atoms in total. The largest absolute Gasteiger partial charge is 0.481 e. The van der Waals surface area contributed by atoms with Crippen molar-refractivity contribution >= 4 is 41.6 Å². The Morgan fingerprint density at radius 3 is 1.42 bits per heavy atom. The molecule has 0 bridgehead atoms. The summed E-state index contributed by atoms with van der Waals surface area (Å²) in [6.07, 6.45) is -2.84. The summed E-state index contributed by atoms with van der Waals surface area (Å²) < 4.78 is 0. The molecule has 0 aromatic carbocycles. The van der Waals surface area contributed by atoms with Crippen LogP contribution in [0.2, 0.25) is 0 Å². The zero-order valence-corrected chi connectivity index (χ0v) is 15.8. The highest BCUT2D eigenvalue weighted by molar-refractivity contribution is 5.96. The number of carbonyl (C=O) groups is 7. The molecule has 4 atom stereocenters. The maximum atomic E-state index is 12.3. The molecule has 174 valence electrons. The molecule has 10 N–H and O–H groups in total. The minimum atomic E-state index is -1.89. The van der Waals surface area contributed by atoms with Crippen molar-refractivity contribution < 1.29 is 59.1 Å². The van der Waals surface area contributed by atoms with Gasteiger partial charge in [0.15, 0.2) is 0 Å². The van der Waals surface area contributed by atoms with Crippen LogP contribution in [0.3, 0.4) is 0 Å².